The van der Waals surface area contributed by atoms with Crippen molar-refractivity contribution in [3.8, 4) is 0 Å². The predicted molar refractivity (Wildman–Crippen MR) is 124 cm³/mol. The van der Waals surface area contributed by atoms with Crippen LogP contribution >= 0.6 is 0 Å². The van der Waals surface area contributed by atoms with Crippen LogP contribution < -0.4 is 4.72 Å². The molecule has 0 aromatic heterocycles. The van der Waals surface area contributed by atoms with E-state index in [9.17, 15) is 4.21 Å². The zero-order chi connectivity index (χ0) is 21.4. The summed E-state index contributed by atoms with van der Waals surface area (Å²) in [6, 6.07) is 20.8. The molecule has 1 N–H and O–H groups in total. The molecule has 0 aliphatic heterocycles. The van der Waals surface area contributed by atoms with Crippen LogP contribution in [0.1, 0.15) is 64.1 Å². The molecule has 4 heteroatoms. The smallest absolute Gasteiger partial charge is 0.0982 e. The van der Waals surface area contributed by atoms with Crippen LogP contribution in [-0.4, -0.2) is 15.6 Å². The van der Waals surface area contributed by atoms with Gasteiger partial charge in [-0.1, -0.05) is 88.4 Å². The van der Waals surface area contributed by atoms with Gasteiger partial charge < -0.3 is 4.74 Å². The minimum absolute atomic E-state index is 0.00642. The lowest BCUT2D eigenvalue weighted by Crippen LogP contribution is -2.46. The van der Waals surface area contributed by atoms with Crippen LogP contribution in [0, 0.1) is 16.7 Å². The van der Waals surface area contributed by atoms with Crippen LogP contribution in [0.15, 0.2) is 60.7 Å². The first-order valence-electron chi connectivity index (χ1n) is 11.3. The van der Waals surface area contributed by atoms with Gasteiger partial charge in [0.2, 0.25) is 0 Å². The summed E-state index contributed by atoms with van der Waals surface area (Å²) in [7, 11) is -1.16. The second kappa shape index (κ2) is 8.57. The molecule has 0 unspecified atom stereocenters. The van der Waals surface area contributed by atoms with Gasteiger partial charge >= 0.3 is 0 Å². The standard InChI is InChI=1S/C26H35NO2S/c1-5-22(20-14-10-7-11-15-20)27-30(28)23-21-16-17-26(4,25(21,2)3)24(23)29-18-19-12-8-6-9-13-19/h6-15,21-24,27H,5,16-18H2,1-4H3/t21-,22+,23-,24-,26+,30-/m1/s1. The van der Waals surface area contributed by atoms with Crippen LogP contribution in [0.3, 0.4) is 0 Å². The molecule has 2 aromatic rings. The minimum atomic E-state index is -1.16. The molecule has 2 aliphatic carbocycles. The molecule has 0 amide bonds. The number of hydrogen-bond acceptors (Lipinski definition) is 2. The van der Waals surface area contributed by atoms with Crippen molar-refractivity contribution in [3.05, 3.63) is 71.8 Å². The van der Waals surface area contributed by atoms with E-state index in [2.05, 4.69) is 68.8 Å². The van der Waals surface area contributed by atoms with Gasteiger partial charge in [0.15, 0.2) is 0 Å². The Hall–Kier alpha value is -1.49. The molecular weight excluding hydrogens is 390 g/mol. The Bertz CT molecular complexity index is 869. The molecule has 4 rings (SSSR count). The summed E-state index contributed by atoms with van der Waals surface area (Å²) in [6.07, 6.45) is 3.18. The van der Waals surface area contributed by atoms with Crippen LogP contribution in [-0.2, 0) is 22.3 Å². The topological polar surface area (TPSA) is 38.3 Å². The molecule has 2 fully saturated rings. The van der Waals surface area contributed by atoms with Crippen molar-refractivity contribution in [2.24, 2.45) is 16.7 Å². The molecule has 30 heavy (non-hydrogen) atoms. The Labute approximate surface area is 184 Å². The average molecular weight is 426 g/mol. The van der Waals surface area contributed by atoms with Gasteiger partial charge in [-0.3, -0.25) is 0 Å². The molecule has 3 nitrogen and oxygen atoms in total. The van der Waals surface area contributed by atoms with E-state index >= 15 is 0 Å². The van der Waals surface area contributed by atoms with Crippen molar-refractivity contribution in [2.45, 2.75) is 71.0 Å². The second-order valence-electron chi connectivity index (χ2n) is 9.75. The maximum absolute atomic E-state index is 13.7. The molecule has 2 aliphatic rings. The molecular formula is C26H35NO2S. The van der Waals surface area contributed by atoms with E-state index in [1.54, 1.807) is 0 Å². The van der Waals surface area contributed by atoms with Crippen molar-refractivity contribution in [3.63, 3.8) is 0 Å². The molecule has 0 saturated heterocycles. The van der Waals surface area contributed by atoms with Gasteiger partial charge in [0.1, 0.15) is 0 Å². The van der Waals surface area contributed by atoms with E-state index in [-0.39, 0.29) is 28.2 Å². The maximum Gasteiger partial charge on any atom is 0.0982 e. The predicted octanol–water partition coefficient (Wildman–Crippen LogP) is 5.80. The third kappa shape index (κ3) is 3.68. The summed E-state index contributed by atoms with van der Waals surface area (Å²) in [4.78, 5) is 0. The van der Waals surface area contributed by atoms with Gasteiger partial charge in [0.25, 0.3) is 0 Å². The zero-order valence-electron chi connectivity index (χ0n) is 18.6. The van der Waals surface area contributed by atoms with Gasteiger partial charge in [0.05, 0.1) is 28.9 Å². The number of rotatable bonds is 8. The highest BCUT2D eigenvalue weighted by Gasteiger charge is 2.68. The van der Waals surface area contributed by atoms with E-state index in [1.165, 1.54) is 11.1 Å². The molecule has 6 atom stereocenters. The van der Waals surface area contributed by atoms with Gasteiger partial charge in [-0.05, 0) is 41.7 Å². The van der Waals surface area contributed by atoms with Crippen molar-refractivity contribution in [1.82, 2.24) is 4.72 Å². The lowest BCUT2D eigenvalue weighted by molar-refractivity contribution is -0.0531. The Morgan fingerprint density at radius 3 is 2.33 bits per heavy atom. The minimum Gasteiger partial charge on any atom is -0.372 e. The van der Waals surface area contributed by atoms with Crippen molar-refractivity contribution < 1.29 is 8.95 Å². The Kier molecular flexibility index (Phi) is 6.20. The Morgan fingerprint density at radius 1 is 1.07 bits per heavy atom. The number of hydrogen-bond donors (Lipinski definition) is 1. The van der Waals surface area contributed by atoms with Crippen molar-refractivity contribution in [1.29, 1.82) is 0 Å². The van der Waals surface area contributed by atoms with E-state index in [0.717, 1.165) is 19.3 Å². The fourth-order valence-corrected chi connectivity index (χ4v) is 7.93. The van der Waals surface area contributed by atoms with Gasteiger partial charge in [-0.15, -0.1) is 0 Å². The highest BCUT2D eigenvalue weighted by molar-refractivity contribution is 7.83. The number of fused-ring (bicyclic) bond motifs is 2. The quantitative estimate of drug-likeness (QED) is 0.580. The fraction of sp³-hybridized carbons (Fsp3) is 0.538. The average Bonchev–Trinajstić information content (AvgIpc) is 3.09. The molecule has 0 spiro atoms. The Balaban J connectivity index is 1.56. The highest BCUT2D eigenvalue weighted by Crippen LogP contribution is 2.67. The molecule has 0 heterocycles. The molecule has 2 bridgehead atoms. The lowest BCUT2D eigenvalue weighted by Gasteiger charge is -2.40. The number of ether oxygens (including phenoxy) is 1. The van der Waals surface area contributed by atoms with Gasteiger partial charge in [-0.25, -0.2) is 8.93 Å². The molecule has 162 valence electrons. The van der Waals surface area contributed by atoms with Crippen LogP contribution in [0.2, 0.25) is 0 Å². The van der Waals surface area contributed by atoms with Crippen LogP contribution in [0.5, 0.6) is 0 Å². The summed E-state index contributed by atoms with van der Waals surface area (Å²) < 4.78 is 23.8. The van der Waals surface area contributed by atoms with E-state index in [4.69, 9.17) is 4.74 Å². The number of nitrogens with one attached hydrogen (secondary N) is 1. The summed E-state index contributed by atoms with van der Waals surface area (Å²) >= 11 is 0. The molecule has 0 radical (unpaired) electrons. The van der Waals surface area contributed by atoms with Gasteiger partial charge in [0, 0.05) is 11.5 Å². The van der Waals surface area contributed by atoms with Crippen molar-refractivity contribution >= 4 is 11.0 Å². The summed E-state index contributed by atoms with van der Waals surface area (Å²) in [5, 5.41) is 0.0141. The van der Waals surface area contributed by atoms with Crippen LogP contribution in [0.25, 0.3) is 0 Å². The first-order valence-corrected chi connectivity index (χ1v) is 12.5. The third-order valence-corrected chi connectivity index (χ3v) is 9.67. The summed E-state index contributed by atoms with van der Waals surface area (Å²) in [5.74, 6) is 0.407. The lowest BCUT2D eigenvalue weighted by atomic mass is 9.70. The zero-order valence-corrected chi connectivity index (χ0v) is 19.5. The monoisotopic (exact) mass is 425 g/mol. The maximum atomic E-state index is 13.7. The first-order chi connectivity index (χ1) is 14.4. The fourth-order valence-electron chi connectivity index (χ4n) is 5.81. The second-order valence-corrected chi connectivity index (χ2v) is 11.1. The number of benzene rings is 2. The first kappa shape index (κ1) is 21.7. The Morgan fingerprint density at radius 2 is 1.70 bits per heavy atom. The van der Waals surface area contributed by atoms with Gasteiger partial charge in [-0.2, -0.15) is 0 Å². The van der Waals surface area contributed by atoms with E-state index < -0.39 is 11.0 Å². The third-order valence-electron chi connectivity index (χ3n) is 8.08. The molecule has 2 saturated carbocycles. The summed E-state index contributed by atoms with van der Waals surface area (Å²) in [6.45, 7) is 9.80. The highest BCUT2D eigenvalue weighted by atomic mass is 32.2. The van der Waals surface area contributed by atoms with E-state index in [0.29, 0.717) is 12.5 Å². The largest absolute Gasteiger partial charge is 0.372 e. The SMILES string of the molecule is CC[C@H](N[S@](=O)[C@@H]1[C@H]2CC[C@@](C)([C@@H]1OCc1ccccc1)C2(C)C)c1ccccc1. The van der Waals surface area contributed by atoms with Crippen molar-refractivity contribution in [2.75, 3.05) is 0 Å². The van der Waals surface area contributed by atoms with Crippen LogP contribution in [0.4, 0.5) is 0 Å². The van der Waals surface area contributed by atoms with E-state index in [1.807, 2.05) is 24.3 Å². The normalized spacial score (nSPS) is 31.5. The molecule has 2 aromatic carbocycles. The summed E-state index contributed by atoms with van der Waals surface area (Å²) in [5.41, 5.74) is 2.53.